The van der Waals surface area contributed by atoms with Crippen molar-refractivity contribution in [1.29, 1.82) is 5.26 Å². The number of nitrogens with zero attached hydrogens (tertiary/aromatic N) is 1. The van der Waals surface area contributed by atoms with Crippen molar-refractivity contribution in [3.05, 3.63) is 0 Å². The van der Waals surface area contributed by atoms with E-state index in [1.807, 2.05) is 0 Å². The standard InChI is InChI=1S/C15H27NO3/c1-6-12-8-14(11-16,9-13(12)7-2)10-15(17-3,18-4)19-5/h12-13H,6-10H2,1-5H3/t12-,13-/m0/s1. The summed E-state index contributed by atoms with van der Waals surface area (Å²) in [6, 6.07) is 2.52. The molecule has 0 saturated heterocycles. The van der Waals surface area contributed by atoms with Crippen LogP contribution in [-0.4, -0.2) is 27.3 Å². The first-order chi connectivity index (χ1) is 9.04. The molecule has 0 aromatic carbocycles. The monoisotopic (exact) mass is 269 g/mol. The number of hydrogen-bond donors (Lipinski definition) is 0. The molecule has 0 amide bonds. The SMILES string of the molecule is CC[C@H]1CC(C#N)(CC(OC)(OC)OC)C[C@@H]1CC. The molecule has 2 atom stereocenters. The zero-order chi connectivity index (χ0) is 14.5. The number of methoxy groups -OCH3 is 3. The van der Waals surface area contributed by atoms with E-state index in [-0.39, 0.29) is 0 Å². The molecule has 1 rings (SSSR count). The van der Waals surface area contributed by atoms with Gasteiger partial charge in [0, 0.05) is 27.8 Å². The van der Waals surface area contributed by atoms with E-state index in [2.05, 4.69) is 19.9 Å². The molecule has 0 N–H and O–H groups in total. The molecule has 4 heteroatoms. The third kappa shape index (κ3) is 3.28. The van der Waals surface area contributed by atoms with Gasteiger partial charge in [-0.1, -0.05) is 26.7 Å². The Morgan fingerprint density at radius 1 is 1.05 bits per heavy atom. The number of hydrogen-bond acceptors (Lipinski definition) is 4. The Balaban J connectivity index is 2.92. The molecular weight excluding hydrogens is 242 g/mol. The summed E-state index contributed by atoms with van der Waals surface area (Å²) in [5.41, 5.74) is -0.399. The van der Waals surface area contributed by atoms with Crippen molar-refractivity contribution >= 4 is 0 Å². The molecule has 0 bridgehead atoms. The summed E-state index contributed by atoms with van der Waals surface area (Å²) < 4.78 is 16.1. The summed E-state index contributed by atoms with van der Waals surface area (Å²) in [6.07, 6.45) is 4.55. The van der Waals surface area contributed by atoms with Crippen molar-refractivity contribution in [1.82, 2.24) is 0 Å². The minimum absolute atomic E-state index is 0.399. The minimum Gasteiger partial charge on any atom is -0.331 e. The molecule has 19 heavy (non-hydrogen) atoms. The average Bonchev–Trinajstić information content (AvgIpc) is 2.83. The Morgan fingerprint density at radius 2 is 1.47 bits per heavy atom. The van der Waals surface area contributed by atoms with Crippen LogP contribution in [0.5, 0.6) is 0 Å². The Morgan fingerprint density at radius 3 is 1.74 bits per heavy atom. The molecule has 4 nitrogen and oxygen atoms in total. The van der Waals surface area contributed by atoms with Crippen molar-refractivity contribution in [3.63, 3.8) is 0 Å². The van der Waals surface area contributed by atoms with E-state index >= 15 is 0 Å². The largest absolute Gasteiger partial charge is 0.331 e. The van der Waals surface area contributed by atoms with Crippen molar-refractivity contribution in [2.24, 2.45) is 17.3 Å². The topological polar surface area (TPSA) is 51.5 Å². The van der Waals surface area contributed by atoms with Gasteiger partial charge >= 0.3 is 0 Å². The molecule has 0 aliphatic heterocycles. The van der Waals surface area contributed by atoms with E-state index in [4.69, 9.17) is 14.2 Å². The summed E-state index contributed by atoms with van der Waals surface area (Å²) >= 11 is 0. The highest BCUT2D eigenvalue weighted by molar-refractivity contribution is 5.07. The Bertz CT molecular complexity index is 300. The molecule has 0 heterocycles. The molecule has 0 unspecified atom stereocenters. The fourth-order valence-electron chi connectivity index (χ4n) is 3.53. The van der Waals surface area contributed by atoms with Gasteiger partial charge < -0.3 is 14.2 Å². The highest BCUT2D eigenvalue weighted by Crippen LogP contribution is 2.52. The Hall–Kier alpha value is -0.630. The van der Waals surface area contributed by atoms with Gasteiger partial charge in [-0.25, -0.2) is 0 Å². The predicted octanol–water partition coefficient (Wildman–Crippen LogP) is 3.33. The van der Waals surface area contributed by atoms with Crippen LogP contribution < -0.4 is 0 Å². The number of rotatable bonds is 7. The third-order valence-electron chi connectivity index (χ3n) is 4.75. The fraction of sp³-hybridized carbons (Fsp3) is 0.933. The second-order valence-electron chi connectivity index (χ2n) is 5.61. The van der Waals surface area contributed by atoms with Gasteiger partial charge in [0.1, 0.15) is 0 Å². The molecule has 0 spiro atoms. The third-order valence-corrected chi connectivity index (χ3v) is 4.75. The number of nitriles is 1. The lowest BCUT2D eigenvalue weighted by molar-refractivity contribution is -0.362. The second kappa shape index (κ2) is 6.69. The van der Waals surface area contributed by atoms with Crippen LogP contribution in [0.2, 0.25) is 0 Å². The molecule has 0 aromatic rings. The molecular formula is C15H27NO3. The van der Waals surface area contributed by atoms with Gasteiger partial charge in [0.2, 0.25) is 0 Å². The Labute approximate surface area is 117 Å². The summed E-state index contributed by atoms with van der Waals surface area (Å²) in [5, 5.41) is 9.68. The molecule has 0 radical (unpaired) electrons. The summed E-state index contributed by atoms with van der Waals surface area (Å²) in [7, 11) is 4.67. The van der Waals surface area contributed by atoms with E-state index in [1.165, 1.54) is 0 Å². The van der Waals surface area contributed by atoms with Gasteiger partial charge in [0.05, 0.1) is 11.5 Å². The smallest absolute Gasteiger partial charge is 0.283 e. The zero-order valence-corrected chi connectivity index (χ0v) is 12.9. The van der Waals surface area contributed by atoms with Crippen LogP contribution in [0.25, 0.3) is 0 Å². The van der Waals surface area contributed by atoms with Gasteiger partial charge in [0.25, 0.3) is 5.97 Å². The highest BCUT2D eigenvalue weighted by Gasteiger charge is 2.50. The Kier molecular flexibility index (Phi) is 5.79. The van der Waals surface area contributed by atoms with Crippen LogP contribution in [-0.2, 0) is 14.2 Å². The summed E-state index contributed by atoms with van der Waals surface area (Å²) in [4.78, 5) is 0. The zero-order valence-electron chi connectivity index (χ0n) is 12.9. The van der Waals surface area contributed by atoms with Crippen LogP contribution in [0.15, 0.2) is 0 Å². The van der Waals surface area contributed by atoms with Gasteiger partial charge in [-0.2, -0.15) is 5.26 Å². The normalized spacial score (nSPS) is 26.3. The van der Waals surface area contributed by atoms with Crippen molar-refractivity contribution < 1.29 is 14.2 Å². The van der Waals surface area contributed by atoms with Crippen LogP contribution >= 0.6 is 0 Å². The lowest BCUT2D eigenvalue weighted by Gasteiger charge is -2.34. The minimum atomic E-state index is -1.10. The van der Waals surface area contributed by atoms with Crippen LogP contribution in [0.3, 0.4) is 0 Å². The van der Waals surface area contributed by atoms with E-state index in [0.717, 1.165) is 25.7 Å². The summed E-state index contributed by atoms with van der Waals surface area (Å²) in [6.45, 7) is 4.41. The van der Waals surface area contributed by atoms with Crippen molar-refractivity contribution in [2.45, 2.75) is 51.9 Å². The molecule has 1 fully saturated rings. The number of ether oxygens (including phenoxy) is 3. The van der Waals surface area contributed by atoms with Crippen LogP contribution in [0.4, 0.5) is 0 Å². The van der Waals surface area contributed by atoms with Crippen molar-refractivity contribution in [3.8, 4) is 6.07 Å². The predicted molar refractivity (Wildman–Crippen MR) is 73.2 cm³/mol. The summed E-state index contributed by atoms with van der Waals surface area (Å²) in [5.74, 6) is 0.136. The van der Waals surface area contributed by atoms with Crippen molar-refractivity contribution in [2.75, 3.05) is 21.3 Å². The first kappa shape index (κ1) is 16.4. The molecule has 1 aliphatic rings. The lowest BCUT2D eigenvalue weighted by atomic mass is 9.81. The fourth-order valence-corrected chi connectivity index (χ4v) is 3.53. The quantitative estimate of drug-likeness (QED) is 0.665. The van der Waals surface area contributed by atoms with E-state index in [9.17, 15) is 5.26 Å². The second-order valence-corrected chi connectivity index (χ2v) is 5.61. The maximum absolute atomic E-state index is 9.68. The molecule has 110 valence electrons. The lowest BCUT2D eigenvalue weighted by Crippen LogP contribution is -2.41. The molecule has 0 aromatic heterocycles. The first-order valence-electron chi connectivity index (χ1n) is 7.11. The van der Waals surface area contributed by atoms with E-state index in [1.54, 1.807) is 21.3 Å². The van der Waals surface area contributed by atoms with Gasteiger partial charge in [-0.15, -0.1) is 0 Å². The van der Waals surface area contributed by atoms with Gasteiger partial charge in [-0.05, 0) is 24.7 Å². The van der Waals surface area contributed by atoms with Gasteiger partial charge in [0.15, 0.2) is 0 Å². The first-order valence-corrected chi connectivity index (χ1v) is 7.11. The highest BCUT2D eigenvalue weighted by atomic mass is 16.9. The van der Waals surface area contributed by atoms with E-state index in [0.29, 0.717) is 18.3 Å². The van der Waals surface area contributed by atoms with E-state index < -0.39 is 11.4 Å². The maximum atomic E-state index is 9.68. The van der Waals surface area contributed by atoms with Crippen LogP contribution in [0.1, 0.15) is 46.0 Å². The molecule has 1 saturated carbocycles. The molecule has 1 aliphatic carbocycles. The average molecular weight is 269 g/mol. The van der Waals surface area contributed by atoms with Crippen LogP contribution in [0, 0.1) is 28.6 Å². The van der Waals surface area contributed by atoms with Gasteiger partial charge in [-0.3, -0.25) is 0 Å². The maximum Gasteiger partial charge on any atom is 0.283 e.